The van der Waals surface area contributed by atoms with Gasteiger partial charge in [-0.3, -0.25) is 0 Å². The highest BCUT2D eigenvalue weighted by molar-refractivity contribution is 6.25. The predicted molar refractivity (Wildman–Crippen MR) is 456 cm³/mol. The lowest BCUT2D eigenvalue weighted by molar-refractivity contribution is 0.666. The minimum Gasteiger partial charge on any atom is -0.456 e. The second-order valence-corrected chi connectivity index (χ2v) is 30.4. The fourth-order valence-electron chi connectivity index (χ4n) is 19.0. The molecule has 0 saturated carbocycles. The van der Waals surface area contributed by atoms with Gasteiger partial charge in [0.2, 0.25) is 0 Å². The molecule has 0 N–H and O–H groups in total. The Morgan fingerprint density at radius 1 is 0.187 bits per heavy atom. The third-order valence-corrected chi connectivity index (χ3v) is 23.9. The zero-order chi connectivity index (χ0) is 71.2. The molecule has 0 saturated heterocycles. The number of benzene rings is 19. The highest BCUT2D eigenvalue weighted by Crippen LogP contribution is 2.56. The quantitative estimate of drug-likeness (QED) is 0.145. The fourth-order valence-corrected chi connectivity index (χ4v) is 19.0. The largest absolute Gasteiger partial charge is 0.456 e. The van der Waals surface area contributed by atoms with Gasteiger partial charge in [-0.25, -0.2) is 0 Å². The summed E-state index contributed by atoms with van der Waals surface area (Å²) in [4.78, 5) is 0. The molecule has 0 atom stereocenters. The molecule has 1 heteroatoms. The van der Waals surface area contributed by atoms with Crippen LogP contribution in [0.2, 0.25) is 0 Å². The van der Waals surface area contributed by atoms with Crippen LogP contribution >= 0.6 is 0 Å². The topological polar surface area (TPSA) is 13.1 Å². The minimum atomic E-state index is -0.0609. The van der Waals surface area contributed by atoms with Crippen molar-refractivity contribution in [2.24, 2.45) is 0 Å². The first-order valence-corrected chi connectivity index (χ1v) is 37.5. The monoisotopic (exact) mass is 1360 g/mol. The lowest BCUT2D eigenvalue weighted by Gasteiger charge is -2.23. The van der Waals surface area contributed by atoms with Crippen LogP contribution in [0, 0.1) is 0 Å². The van der Waals surface area contributed by atoms with E-state index in [-0.39, 0.29) is 10.8 Å². The van der Waals surface area contributed by atoms with E-state index < -0.39 is 0 Å². The molecule has 20 aromatic rings. The lowest BCUT2D eigenvalue weighted by Crippen LogP contribution is -2.15. The maximum Gasteiger partial charge on any atom is 0.136 e. The van der Waals surface area contributed by atoms with Gasteiger partial charge in [0.25, 0.3) is 0 Å². The van der Waals surface area contributed by atoms with Crippen LogP contribution in [0.5, 0.6) is 0 Å². The standard InChI is InChI=1S/C55H36O.C51H36/c1-55(2)48-28-24-37(31-46(48)45-27-23-35-12-4-6-14-40(35)54(45)55)33-19-21-36(22-20-33)51-41-15-7-9-17-43(41)52(44-18-10-8-16-42(44)51)38-26-29-49-47(32-38)53-39-13-5-3-11-34(39)25-30-50(53)56-49;1-51(2)47-31-29-37(32-46(47)45-30-28-35-16-6-7-18-39(35)50(45)51)33-24-26-36(27-25-33)48-41-20-10-12-22-43(41)49(44-23-13-11-21-42(44)48)40-19-9-8-17-38(40)34-14-4-3-5-15-34/h3-32H,1-2H3;3-32H,1-2H3. The van der Waals surface area contributed by atoms with Gasteiger partial charge in [0.1, 0.15) is 11.2 Å². The van der Waals surface area contributed by atoms with Gasteiger partial charge in [-0.15, -0.1) is 0 Å². The Kier molecular flexibility index (Phi) is 14.1. The summed E-state index contributed by atoms with van der Waals surface area (Å²) in [5, 5.41) is 20.2. The van der Waals surface area contributed by atoms with E-state index >= 15 is 0 Å². The van der Waals surface area contributed by atoms with E-state index in [1.807, 2.05) is 0 Å². The van der Waals surface area contributed by atoms with Crippen molar-refractivity contribution in [2.45, 2.75) is 38.5 Å². The van der Waals surface area contributed by atoms with Crippen LogP contribution in [-0.4, -0.2) is 0 Å². The van der Waals surface area contributed by atoms with Crippen molar-refractivity contribution in [3.8, 4) is 100 Å². The van der Waals surface area contributed by atoms with Crippen LogP contribution in [0.1, 0.15) is 49.9 Å². The second kappa shape index (κ2) is 24.2. The lowest BCUT2D eigenvalue weighted by atomic mass is 9.80. The maximum atomic E-state index is 6.41. The van der Waals surface area contributed by atoms with Gasteiger partial charge in [0.05, 0.1) is 0 Å². The molecule has 0 fully saturated rings. The molecular weight excluding hydrogens is 1290 g/mol. The summed E-state index contributed by atoms with van der Waals surface area (Å²) in [6.07, 6.45) is 0. The molecule has 2 aliphatic rings. The number of rotatable bonds is 7. The molecule has 0 spiro atoms. The van der Waals surface area contributed by atoms with Crippen LogP contribution < -0.4 is 0 Å². The molecule has 0 aliphatic heterocycles. The fraction of sp³-hybridized carbons (Fsp3) is 0.0566. The summed E-state index contributed by atoms with van der Waals surface area (Å²) in [6.45, 7) is 9.49. The second-order valence-electron chi connectivity index (χ2n) is 30.4. The van der Waals surface area contributed by atoms with Crippen molar-refractivity contribution >= 4 is 97.3 Å². The van der Waals surface area contributed by atoms with Crippen LogP contribution in [0.4, 0.5) is 0 Å². The van der Waals surface area contributed by atoms with E-state index in [0.29, 0.717) is 0 Å². The normalized spacial score (nSPS) is 13.2. The first-order chi connectivity index (χ1) is 52.6. The number of fused-ring (bicyclic) bond motifs is 19. The SMILES string of the molecule is CC1(C)c2ccc(-c3ccc(-c4c5ccccc5c(-c5ccc6oc7ccc8ccccc8c7c6c5)c5ccccc45)cc3)cc2-c2ccc3ccccc3c21.CC1(C)c2ccc(-c3ccc(-c4c5ccccc5c(-c5ccccc5-c5ccccc5)c5ccccc45)cc3)cc2-c2ccc3ccccc3c21. The summed E-state index contributed by atoms with van der Waals surface area (Å²) in [5.41, 5.74) is 30.2. The van der Waals surface area contributed by atoms with Gasteiger partial charge in [0.15, 0.2) is 0 Å². The molecule has 2 aliphatic carbocycles. The first kappa shape index (κ1) is 62.4. The Labute approximate surface area is 622 Å². The van der Waals surface area contributed by atoms with Gasteiger partial charge in [0, 0.05) is 21.6 Å². The Balaban J connectivity index is 0.000000138. The molecule has 107 heavy (non-hydrogen) atoms. The molecule has 0 bridgehead atoms. The van der Waals surface area contributed by atoms with E-state index in [2.05, 4.69) is 392 Å². The zero-order valence-corrected chi connectivity index (χ0v) is 60.0. The average molecular weight is 1360 g/mol. The van der Waals surface area contributed by atoms with Crippen LogP contribution in [0.25, 0.3) is 197 Å². The Morgan fingerprint density at radius 3 is 0.991 bits per heavy atom. The Hall–Kier alpha value is -13.2. The smallest absolute Gasteiger partial charge is 0.136 e. The molecule has 1 heterocycles. The number of furan rings is 1. The zero-order valence-electron chi connectivity index (χ0n) is 60.0. The van der Waals surface area contributed by atoms with Crippen molar-refractivity contribution in [3.63, 3.8) is 0 Å². The molecule has 0 amide bonds. The van der Waals surface area contributed by atoms with Crippen LogP contribution in [0.3, 0.4) is 0 Å². The molecule has 19 aromatic carbocycles. The van der Waals surface area contributed by atoms with Gasteiger partial charge >= 0.3 is 0 Å². The average Bonchev–Trinajstić information content (AvgIpc) is 1.72. The molecule has 22 rings (SSSR count). The third-order valence-electron chi connectivity index (χ3n) is 23.9. The van der Waals surface area contributed by atoms with Gasteiger partial charge < -0.3 is 4.42 Å². The molecular formula is C106H72O. The summed E-state index contributed by atoms with van der Waals surface area (Å²) in [5.74, 6) is 0. The molecule has 502 valence electrons. The van der Waals surface area contributed by atoms with E-state index in [0.717, 1.165) is 16.6 Å². The van der Waals surface area contributed by atoms with Crippen molar-refractivity contribution in [2.75, 3.05) is 0 Å². The van der Waals surface area contributed by atoms with Gasteiger partial charge in [-0.2, -0.15) is 0 Å². The highest BCUT2D eigenvalue weighted by atomic mass is 16.3. The minimum absolute atomic E-state index is 0.0518. The van der Waals surface area contributed by atoms with Crippen LogP contribution in [0.15, 0.2) is 368 Å². The van der Waals surface area contributed by atoms with E-state index in [1.165, 1.54) is 203 Å². The third kappa shape index (κ3) is 9.70. The Morgan fingerprint density at radius 2 is 0.523 bits per heavy atom. The summed E-state index contributed by atoms with van der Waals surface area (Å²) in [6, 6.07) is 134. The van der Waals surface area contributed by atoms with Crippen molar-refractivity contribution in [3.05, 3.63) is 386 Å². The van der Waals surface area contributed by atoms with Crippen molar-refractivity contribution < 1.29 is 4.42 Å². The summed E-state index contributed by atoms with van der Waals surface area (Å²) >= 11 is 0. The highest BCUT2D eigenvalue weighted by Gasteiger charge is 2.39. The predicted octanol–water partition coefficient (Wildman–Crippen LogP) is 29.6. The molecule has 0 radical (unpaired) electrons. The van der Waals surface area contributed by atoms with Crippen LogP contribution in [-0.2, 0) is 10.8 Å². The first-order valence-electron chi connectivity index (χ1n) is 37.5. The van der Waals surface area contributed by atoms with E-state index in [1.54, 1.807) is 0 Å². The number of hydrogen-bond donors (Lipinski definition) is 0. The van der Waals surface area contributed by atoms with E-state index in [4.69, 9.17) is 4.42 Å². The summed E-state index contributed by atoms with van der Waals surface area (Å²) < 4.78 is 6.41. The van der Waals surface area contributed by atoms with Gasteiger partial charge in [-0.05, 0) is 228 Å². The number of hydrogen-bond acceptors (Lipinski definition) is 1. The van der Waals surface area contributed by atoms with E-state index in [9.17, 15) is 0 Å². The molecule has 1 nitrogen and oxygen atoms in total. The summed E-state index contributed by atoms with van der Waals surface area (Å²) in [7, 11) is 0. The Bertz CT molecular complexity index is 6970. The van der Waals surface area contributed by atoms with Crippen molar-refractivity contribution in [1.29, 1.82) is 0 Å². The van der Waals surface area contributed by atoms with Crippen molar-refractivity contribution in [1.82, 2.24) is 0 Å². The maximum absolute atomic E-state index is 6.41. The molecule has 1 aromatic heterocycles. The molecule has 0 unspecified atom stereocenters. The van der Waals surface area contributed by atoms with Gasteiger partial charge in [-0.1, -0.05) is 361 Å².